The molecule has 3 rings (SSSR count). The van der Waals surface area contributed by atoms with Gasteiger partial charge in [-0.05, 0) is 12.1 Å². The van der Waals surface area contributed by atoms with Crippen LogP contribution in [0.5, 0.6) is 0 Å². The van der Waals surface area contributed by atoms with Gasteiger partial charge in [0.2, 0.25) is 5.82 Å². The second-order valence-corrected chi connectivity index (χ2v) is 6.03. The van der Waals surface area contributed by atoms with Gasteiger partial charge in [-0.25, -0.2) is 9.48 Å². The van der Waals surface area contributed by atoms with E-state index < -0.39 is 34.5 Å². The van der Waals surface area contributed by atoms with E-state index in [0.717, 1.165) is 16.8 Å². The molecule has 0 atom stereocenters. The van der Waals surface area contributed by atoms with Gasteiger partial charge in [0.15, 0.2) is 0 Å². The van der Waals surface area contributed by atoms with Crippen LogP contribution in [-0.2, 0) is 13.2 Å². The molecule has 1 N–H and O–H groups in total. The van der Waals surface area contributed by atoms with Crippen LogP contribution in [0.3, 0.4) is 0 Å². The molecule has 0 spiro atoms. The van der Waals surface area contributed by atoms with Gasteiger partial charge in [-0.2, -0.15) is 13.2 Å². The second-order valence-electron chi connectivity index (χ2n) is 6.03. The van der Waals surface area contributed by atoms with Crippen LogP contribution in [0, 0.1) is 0 Å². The smallest absolute Gasteiger partial charge is 0.347 e. The van der Waals surface area contributed by atoms with Crippen LogP contribution in [0.15, 0.2) is 33.9 Å². The fourth-order valence-corrected chi connectivity index (χ4v) is 2.88. The molecule has 1 aliphatic heterocycles. The molecule has 1 fully saturated rings. The summed E-state index contributed by atoms with van der Waals surface area (Å²) in [6, 6.07) is 4.63. The van der Waals surface area contributed by atoms with Gasteiger partial charge >= 0.3 is 11.9 Å². The number of carbonyl (C=O) groups excluding carboxylic acids is 1. The molecule has 11 heteroatoms. The van der Waals surface area contributed by atoms with Crippen molar-refractivity contribution in [2.45, 2.75) is 6.18 Å². The summed E-state index contributed by atoms with van der Waals surface area (Å²) in [4.78, 5) is 40.8. The Balaban J connectivity index is 1.77. The largest absolute Gasteiger partial charge is 0.417 e. The van der Waals surface area contributed by atoms with E-state index in [1.54, 1.807) is 4.90 Å². The number of rotatable bonds is 2. The first-order valence-electron chi connectivity index (χ1n) is 8.06. The Labute approximate surface area is 150 Å². The lowest BCUT2D eigenvalue weighted by Crippen LogP contribution is -2.51. The number of amides is 1. The predicted molar refractivity (Wildman–Crippen MR) is 89.7 cm³/mol. The normalized spacial score (nSPS) is 15.1. The standard InChI is InChI=1S/C16H16F3N5O3/c1-22-15(27)20-13(25)12(21-22)23-6-8-24(9-7-23)14(26)10-4-2-3-5-11(10)16(17,18)19/h2-5H,6-9H2,1H3,(H,20,25,27). The van der Waals surface area contributed by atoms with Crippen molar-refractivity contribution >= 4 is 11.7 Å². The van der Waals surface area contributed by atoms with E-state index in [1.807, 2.05) is 0 Å². The maximum absolute atomic E-state index is 13.1. The van der Waals surface area contributed by atoms with Crippen LogP contribution in [0.2, 0.25) is 0 Å². The highest BCUT2D eigenvalue weighted by Crippen LogP contribution is 2.32. The lowest BCUT2D eigenvalue weighted by Gasteiger charge is -2.35. The number of aryl methyl sites for hydroxylation is 1. The monoisotopic (exact) mass is 383 g/mol. The number of alkyl halides is 3. The van der Waals surface area contributed by atoms with Gasteiger partial charge in [-0.1, -0.05) is 12.1 Å². The minimum atomic E-state index is -4.62. The molecular weight excluding hydrogens is 367 g/mol. The number of benzene rings is 1. The summed E-state index contributed by atoms with van der Waals surface area (Å²) in [7, 11) is 1.38. The number of aromatic nitrogens is 3. The molecule has 1 aromatic heterocycles. The van der Waals surface area contributed by atoms with Gasteiger partial charge in [-0.3, -0.25) is 14.6 Å². The fourth-order valence-electron chi connectivity index (χ4n) is 2.88. The second kappa shape index (κ2) is 6.89. The van der Waals surface area contributed by atoms with E-state index >= 15 is 0 Å². The van der Waals surface area contributed by atoms with Crippen molar-refractivity contribution in [3.8, 4) is 0 Å². The molecule has 1 amide bonds. The number of nitrogens with zero attached hydrogens (tertiary/aromatic N) is 4. The molecule has 2 heterocycles. The molecule has 8 nitrogen and oxygen atoms in total. The zero-order chi connectivity index (χ0) is 19.8. The lowest BCUT2D eigenvalue weighted by atomic mass is 10.1. The Bertz CT molecular complexity index is 974. The summed E-state index contributed by atoms with van der Waals surface area (Å²) in [6.45, 7) is 0.645. The van der Waals surface area contributed by atoms with Crippen molar-refractivity contribution in [2.24, 2.45) is 7.05 Å². The first kappa shape index (κ1) is 18.7. The van der Waals surface area contributed by atoms with E-state index in [1.165, 1.54) is 24.1 Å². The summed E-state index contributed by atoms with van der Waals surface area (Å²) >= 11 is 0. The molecule has 0 unspecified atom stereocenters. The first-order valence-corrected chi connectivity index (χ1v) is 8.06. The zero-order valence-corrected chi connectivity index (χ0v) is 14.3. The number of hydrogen-bond donors (Lipinski definition) is 1. The number of H-pyrrole nitrogens is 1. The van der Waals surface area contributed by atoms with Crippen LogP contribution >= 0.6 is 0 Å². The quantitative estimate of drug-likeness (QED) is 0.813. The van der Waals surface area contributed by atoms with Gasteiger partial charge < -0.3 is 9.80 Å². The number of nitrogens with one attached hydrogen (secondary N) is 1. The zero-order valence-electron chi connectivity index (χ0n) is 14.3. The third kappa shape index (κ3) is 3.71. The Morgan fingerprint density at radius 2 is 1.74 bits per heavy atom. The summed E-state index contributed by atoms with van der Waals surface area (Å²) in [5.41, 5.74) is -2.69. The van der Waals surface area contributed by atoms with Crippen LogP contribution in [0.1, 0.15) is 15.9 Å². The van der Waals surface area contributed by atoms with E-state index in [0.29, 0.717) is 0 Å². The Morgan fingerprint density at radius 1 is 1.11 bits per heavy atom. The van der Waals surface area contributed by atoms with Gasteiger partial charge in [-0.15, -0.1) is 5.10 Å². The maximum atomic E-state index is 13.1. The van der Waals surface area contributed by atoms with Crippen molar-refractivity contribution in [1.29, 1.82) is 0 Å². The predicted octanol–water partition coefficient (Wildman–Crippen LogP) is 0.450. The summed E-state index contributed by atoms with van der Waals surface area (Å²) in [5, 5.41) is 3.90. The average molecular weight is 383 g/mol. The lowest BCUT2D eigenvalue weighted by molar-refractivity contribution is -0.138. The topological polar surface area (TPSA) is 91.3 Å². The highest BCUT2D eigenvalue weighted by Gasteiger charge is 2.36. The Kier molecular flexibility index (Phi) is 4.77. The minimum Gasteiger partial charge on any atom is -0.347 e. The van der Waals surface area contributed by atoms with Crippen LogP contribution in [0.25, 0.3) is 0 Å². The van der Waals surface area contributed by atoms with Crippen molar-refractivity contribution in [3.05, 3.63) is 56.2 Å². The molecule has 1 aliphatic rings. The average Bonchev–Trinajstić information content (AvgIpc) is 2.63. The summed E-state index contributed by atoms with van der Waals surface area (Å²) in [6.07, 6.45) is -4.62. The SMILES string of the molecule is Cn1nc(N2CCN(C(=O)c3ccccc3C(F)(F)F)CC2)c(=O)[nH]c1=O. The molecular formula is C16H16F3N5O3. The molecule has 1 aromatic carbocycles. The minimum absolute atomic E-state index is 0.0277. The van der Waals surface area contributed by atoms with Crippen molar-refractivity contribution in [3.63, 3.8) is 0 Å². The molecule has 2 aromatic rings. The molecule has 0 bridgehead atoms. The highest BCUT2D eigenvalue weighted by atomic mass is 19.4. The molecule has 0 aliphatic carbocycles. The Morgan fingerprint density at radius 3 is 2.37 bits per heavy atom. The van der Waals surface area contributed by atoms with Gasteiger partial charge in [0.05, 0.1) is 11.1 Å². The number of hydrogen-bond acceptors (Lipinski definition) is 5. The van der Waals surface area contributed by atoms with Crippen LogP contribution in [0.4, 0.5) is 19.0 Å². The van der Waals surface area contributed by atoms with Crippen molar-refractivity contribution in [2.75, 3.05) is 31.1 Å². The molecule has 144 valence electrons. The highest BCUT2D eigenvalue weighted by molar-refractivity contribution is 5.96. The maximum Gasteiger partial charge on any atom is 0.417 e. The number of carbonyl (C=O) groups is 1. The van der Waals surface area contributed by atoms with E-state index in [2.05, 4.69) is 10.1 Å². The van der Waals surface area contributed by atoms with Gasteiger partial charge in [0, 0.05) is 33.2 Å². The number of aromatic amines is 1. The Hall–Kier alpha value is -3.11. The van der Waals surface area contributed by atoms with Crippen molar-refractivity contribution in [1.82, 2.24) is 19.7 Å². The van der Waals surface area contributed by atoms with Gasteiger partial charge in [0.1, 0.15) is 0 Å². The summed E-state index contributed by atoms with van der Waals surface area (Å²) in [5.74, 6) is -0.690. The first-order chi connectivity index (χ1) is 12.7. The number of piperazine rings is 1. The van der Waals surface area contributed by atoms with Gasteiger partial charge in [0.25, 0.3) is 11.5 Å². The third-order valence-electron chi connectivity index (χ3n) is 4.29. The van der Waals surface area contributed by atoms with E-state index in [4.69, 9.17) is 0 Å². The summed E-state index contributed by atoms with van der Waals surface area (Å²) < 4.78 is 40.3. The van der Waals surface area contributed by atoms with Crippen LogP contribution in [-0.4, -0.2) is 51.8 Å². The molecule has 0 saturated carbocycles. The molecule has 27 heavy (non-hydrogen) atoms. The van der Waals surface area contributed by atoms with E-state index in [9.17, 15) is 27.6 Å². The third-order valence-corrected chi connectivity index (χ3v) is 4.29. The number of anilines is 1. The van der Waals surface area contributed by atoms with E-state index in [-0.39, 0.29) is 32.0 Å². The van der Waals surface area contributed by atoms with Crippen LogP contribution < -0.4 is 16.1 Å². The fraction of sp³-hybridized carbons (Fsp3) is 0.375. The molecule has 1 saturated heterocycles. The number of halogens is 3. The molecule has 0 radical (unpaired) electrons. The van der Waals surface area contributed by atoms with Crippen molar-refractivity contribution < 1.29 is 18.0 Å².